The van der Waals surface area contributed by atoms with Crippen molar-refractivity contribution in [2.24, 2.45) is 0 Å². The zero-order valence-corrected chi connectivity index (χ0v) is 13.7. The molecule has 1 N–H and O–H groups in total. The second-order valence-electron chi connectivity index (χ2n) is 5.71. The summed E-state index contributed by atoms with van der Waals surface area (Å²) in [5.74, 6) is 1.02. The highest BCUT2D eigenvalue weighted by Gasteiger charge is 2.10. The van der Waals surface area contributed by atoms with E-state index in [-0.39, 0.29) is 0 Å². The van der Waals surface area contributed by atoms with E-state index in [0.29, 0.717) is 6.04 Å². The van der Waals surface area contributed by atoms with E-state index in [9.17, 15) is 0 Å². The molecule has 0 amide bonds. The Morgan fingerprint density at radius 3 is 2.76 bits per heavy atom. The first kappa shape index (κ1) is 16.1. The summed E-state index contributed by atoms with van der Waals surface area (Å²) in [5.41, 5.74) is 2.43. The zero-order valence-electron chi connectivity index (χ0n) is 12.9. The summed E-state index contributed by atoms with van der Waals surface area (Å²) >= 11 is 6.02. The lowest BCUT2D eigenvalue weighted by molar-refractivity contribution is 0.285. The summed E-state index contributed by atoms with van der Waals surface area (Å²) in [6.07, 6.45) is 1.76. The van der Waals surface area contributed by atoms with Gasteiger partial charge in [0.05, 0.1) is 12.8 Å². The molecule has 0 aliphatic carbocycles. The molecule has 0 aliphatic heterocycles. The van der Waals surface area contributed by atoms with Crippen LogP contribution in [0.5, 0.6) is 0 Å². The lowest BCUT2D eigenvalue weighted by atomic mass is 10.2. The number of rotatable bonds is 7. The molecule has 0 saturated carbocycles. The molecule has 1 aromatic heterocycles. The fraction of sp³-hybridized carbons (Fsp3) is 0.412. The van der Waals surface area contributed by atoms with Gasteiger partial charge in [-0.25, -0.2) is 0 Å². The van der Waals surface area contributed by atoms with Crippen molar-refractivity contribution in [3.8, 4) is 0 Å². The third kappa shape index (κ3) is 5.20. The van der Waals surface area contributed by atoms with Crippen LogP contribution in [0, 0.1) is 0 Å². The van der Waals surface area contributed by atoms with Gasteiger partial charge in [0.15, 0.2) is 0 Å². The highest BCUT2D eigenvalue weighted by molar-refractivity contribution is 6.30. The molecule has 0 radical (unpaired) electrons. The lowest BCUT2D eigenvalue weighted by Gasteiger charge is -2.17. The number of hydrogen-bond donors (Lipinski definition) is 1. The van der Waals surface area contributed by atoms with E-state index in [4.69, 9.17) is 16.0 Å². The minimum atomic E-state index is 0.469. The summed E-state index contributed by atoms with van der Waals surface area (Å²) in [7, 11) is 2.09. The monoisotopic (exact) mass is 306 g/mol. The van der Waals surface area contributed by atoms with Gasteiger partial charge in [0.2, 0.25) is 0 Å². The average molecular weight is 307 g/mol. The van der Waals surface area contributed by atoms with E-state index in [2.05, 4.69) is 37.2 Å². The van der Waals surface area contributed by atoms with Crippen LogP contribution < -0.4 is 5.32 Å². The first-order valence-electron chi connectivity index (χ1n) is 7.26. The van der Waals surface area contributed by atoms with E-state index in [1.807, 2.05) is 24.3 Å². The van der Waals surface area contributed by atoms with Crippen molar-refractivity contribution in [2.75, 3.05) is 7.05 Å². The second kappa shape index (κ2) is 7.64. The number of furan rings is 1. The van der Waals surface area contributed by atoms with Crippen LogP contribution >= 0.6 is 11.6 Å². The maximum atomic E-state index is 6.02. The second-order valence-corrected chi connectivity index (χ2v) is 6.14. The van der Waals surface area contributed by atoms with Gasteiger partial charge in [-0.1, -0.05) is 37.6 Å². The Kier molecular flexibility index (Phi) is 5.85. The van der Waals surface area contributed by atoms with E-state index in [1.54, 1.807) is 6.26 Å². The van der Waals surface area contributed by atoms with Crippen LogP contribution in [0.2, 0.25) is 5.02 Å². The Bertz CT molecular complexity index is 565. The van der Waals surface area contributed by atoms with Crippen molar-refractivity contribution in [3.05, 3.63) is 58.5 Å². The SMILES string of the molecule is CC(C)NCc1ccoc1CN(C)Cc1cccc(Cl)c1. The van der Waals surface area contributed by atoms with E-state index in [0.717, 1.165) is 30.4 Å². The molecule has 0 spiro atoms. The molecule has 0 fully saturated rings. The quantitative estimate of drug-likeness (QED) is 0.836. The number of nitrogens with zero attached hydrogens (tertiary/aromatic N) is 1. The Balaban J connectivity index is 1.93. The van der Waals surface area contributed by atoms with Gasteiger partial charge < -0.3 is 9.73 Å². The molecule has 114 valence electrons. The van der Waals surface area contributed by atoms with Gasteiger partial charge in [-0.15, -0.1) is 0 Å². The van der Waals surface area contributed by atoms with E-state index in [1.165, 1.54) is 11.1 Å². The van der Waals surface area contributed by atoms with Crippen LogP contribution in [0.25, 0.3) is 0 Å². The first-order valence-corrected chi connectivity index (χ1v) is 7.64. The number of hydrogen-bond acceptors (Lipinski definition) is 3. The predicted molar refractivity (Wildman–Crippen MR) is 87.3 cm³/mol. The molecular weight excluding hydrogens is 284 g/mol. The maximum absolute atomic E-state index is 6.02. The molecule has 0 aliphatic rings. The van der Waals surface area contributed by atoms with Crippen molar-refractivity contribution >= 4 is 11.6 Å². The standard InChI is InChI=1S/C17H23ClN2O/c1-13(2)19-10-15-7-8-21-17(15)12-20(3)11-14-5-4-6-16(18)9-14/h4-9,13,19H,10-12H2,1-3H3. The van der Waals surface area contributed by atoms with Crippen LogP contribution in [0.4, 0.5) is 0 Å². The molecule has 1 aromatic carbocycles. The highest BCUT2D eigenvalue weighted by atomic mass is 35.5. The molecule has 1 heterocycles. The largest absolute Gasteiger partial charge is 0.468 e. The summed E-state index contributed by atoms with van der Waals surface area (Å²) < 4.78 is 5.62. The molecule has 3 nitrogen and oxygen atoms in total. The summed E-state index contributed by atoms with van der Waals surface area (Å²) in [6.45, 7) is 6.76. The van der Waals surface area contributed by atoms with Crippen LogP contribution in [0.1, 0.15) is 30.7 Å². The fourth-order valence-electron chi connectivity index (χ4n) is 2.23. The molecule has 4 heteroatoms. The third-order valence-electron chi connectivity index (χ3n) is 3.29. The van der Waals surface area contributed by atoms with Gasteiger partial charge in [0.25, 0.3) is 0 Å². The molecule has 2 rings (SSSR count). The molecular formula is C17H23ClN2O. The smallest absolute Gasteiger partial charge is 0.122 e. The minimum Gasteiger partial charge on any atom is -0.468 e. The van der Waals surface area contributed by atoms with Gasteiger partial charge in [-0.3, -0.25) is 4.90 Å². The van der Waals surface area contributed by atoms with Crippen LogP contribution in [-0.2, 0) is 19.6 Å². The topological polar surface area (TPSA) is 28.4 Å². The van der Waals surface area contributed by atoms with Crippen LogP contribution in [-0.4, -0.2) is 18.0 Å². The molecule has 21 heavy (non-hydrogen) atoms. The Morgan fingerprint density at radius 1 is 1.24 bits per heavy atom. The summed E-state index contributed by atoms with van der Waals surface area (Å²) in [4.78, 5) is 2.23. The van der Waals surface area contributed by atoms with Crippen molar-refractivity contribution in [3.63, 3.8) is 0 Å². The van der Waals surface area contributed by atoms with Crippen molar-refractivity contribution in [1.29, 1.82) is 0 Å². The Labute approximate surface area is 131 Å². The molecule has 0 bridgehead atoms. The van der Waals surface area contributed by atoms with Gasteiger partial charge in [0.1, 0.15) is 5.76 Å². The van der Waals surface area contributed by atoms with Crippen molar-refractivity contribution in [1.82, 2.24) is 10.2 Å². The molecule has 0 atom stereocenters. The third-order valence-corrected chi connectivity index (χ3v) is 3.53. The summed E-state index contributed by atoms with van der Waals surface area (Å²) in [6, 6.07) is 10.5. The van der Waals surface area contributed by atoms with Crippen LogP contribution in [0.3, 0.4) is 0 Å². The first-order chi connectivity index (χ1) is 10.0. The predicted octanol–water partition coefficient (Wildman–Crippen LogP) is 4.06. The molecule has 0 unspecified atom stereocenters. The number of nitrogens with one attached hydrogen (secondary N) is 1. The molecule has 2 aromatic rings. The normalized spacial score (nSPS) is 11.5. The van der Waals surface area contributed by atoms with E-state index >= 15 is 0 Å². The van der Waals surface area contributed by atoms with Crippen molar-refractivity contribution < 1.29 is 4.42 Å². The number of benzene rings is 1. The van der Waals surface area contributed by atoms with Gasteiger partial charge >= 0.3 is 0 Å². The fourth-order valence-corrected chi connectivity index (χ4v) is 2.44. The Hall–Kier alpha value is -1.29. The van der Waals surface area contributed by atoms with E-state index < -0.39 is 0 Å². The maximum Gasteiger partial charge on any atom is 0.122 e. The minimum absolute atomic E-state index is 0.469. The van der Waals surface area contributed by atoms with Crippen LogP contribution in [0.15, 0.2) is 41.0 Å². The average Bonchev–Trinajstić information content (AvgIpc) is 2.83. The number of halogens is 1. The summed E-state index contributed by atoms with van der Waals surface area (Å²) in [5, 5.41) is 4.20. The molecule has 0 saturated heterocycles. The van der Waals surface area contributed by atoms with Gasteiger partial charge in [-0.2, -0.15) is 0 Å². The van der Waals surface area contributed by atoms with Gasteiger partial charge in [0, 0.05) is 29.7 Å². The van der Waals surface area contributed by atoms with Gasteiger partial charge in [-0.05, 0) is 30.8 Å². The Morgan fingerprint density at radius 2 is 2.05 bits per heavy atom. The van der Waals surface area contributed by atoms with Crippen molar-refractivity contribution in [2.45, 2.75) is 39.5 Å². The zero-order chi connectivity index (χ0) is 15.2. The lowest BCUT2D eigenvalue weighted by Crippen LogP contribution is -2.23. The highest BCUT2D eigenvalue weighted by Crippen LogP contribution is 2.16.